The molecule has 8 bridgehead atoms. The van der Waals surface area contributed by atoms with Gasteiger partial charge in [0.25, 0.3) is 0 Å². The molecule has 214 valence electrons. The van der Waals surface area contributed by atoms with Crippen LogP contribution in [0.2, 0.25) is 0 Å². The number of hydrogen-bond acceptors (Lipinski definition) is 4. The third-order valence-corrected chi connectivity index (χ3v) is 17.3. The van der Waals surface area contributed by atoms with Crippen LogP contribution in [0.15, 0.2) is 60.7 Å². The molecule has 40 heavy (non-hydrogen) atoms. The van der Waals surface area contributed by atoms with Crippen molar-refractivity contribution >= 4 is 25.8 Å². The van der Waals surface area contributed by atoms with Crippen molar-refractivity contribution < 1.29 is 18.2 Å². The van der Waals surface area contributed by atoms with E-state index in [1.54, 1.807) is 0 Å². The molecule has 8 fully saturated rings. The van der Waals surface area contributed by atoms with Gasteiger partial charge < -0.3 is 19.2 Å². The van der Waals surface area contributed by atoms with Crippen molar-refractivity contribution in [1.29, 1.82) is 0 Å². The lowest BCUT2D eigenvalue weighted by molar-refractivity contribution is -0.0810. The molecule has 10 rings (SSSR count). The van der Waals surface area contributed by atoms with E-state index in [1.165, 1.54) is 12.8 Å². The standard InChI is InChI=1S/C32H42N2O4P2/c35-39(33-29-7-3-1-4-8-29,37-31-25-13-21-11-22(15-25)16-26(31)14-21)40(36,34-30-9-5-2-6-10-30)38-32-27-17-23-12-24(19-27)20-28(32)18-23/h1-10,21-28,31-32H,11-20H2,(H,33,35)(H,34,36). The second-order valence-corrected chi connectivity index (χ2v) is 20.1. The van der Waals surface area contributed by atoms with Gasteiger partial charge in [0.2, 0.25) is 0 Å². The van der Waals surface area contributed by atoms with Crippen LogP contribution in [-0.2, 0) is 18.2 Å². The van der Waals surface area contributed by atoms with Crippen molar-refractivity contribution in [3.63, 3.8) is 0 Å². The minimum atomic E-state index is -4.09. The molecule has 2 aromatic carbocycles. The van der Waals surface area contributed by atoms with E-state index < -0.39 is 14.4 Å². The smallest absolute Gasteiger partial charge is 0.307 e. The van der Waals surface area contributed by atoms with Crippen LogP contribution in [0.1, 0.15) is 64.2 Å². The monoisotopic (exact) mass is 580 g/mol. The van der Waals surface area contributed by atoms with E-state index in [-0.39, 0.29) is 12.2 Å². The van der Waals surface area contributed by atoms with Crippen LogP contribution >= 0.6 is 14.4 Å². The SMILES string of the molecule is O=P(Nc1ccccc1)(OC1C2CC3CC(C2)CC1C3)P(=O)(Nc1ccccc1)OC1C2CC3CC(C2)CC1C3. The van der Waals surface area contributed by atoms with Crippen molar-refractivity contribution in [2.24, 2.45) is 47.3 Å². The van der Waals surface area contributed by atoms with Crippen LogP contribution in [0.3, 0.4) is 0 Å². The molecule has 0 radical (unpaired) electrons. The third-order valence-electron chi connectivity index (χ3n) is 11.2. The molecule has 6 nitrogen and oxygen atoms in total. The molecular weight excluding hydrogens is 538 g/mol. The number of anilines is 2. The summed E-state index contributed by atoms with van der Waals surface area (Å²) in [5, 5.41) is 6.46. The molecule has 2 atom stereocenters. The zero-order chi connectivity index (χ0) is 26.9. The normalized spacial score (nSPS) is 41.8. The van der Waals surface area contributed by atoms with E-state index in [9.17, 15) is 0 Å². The van der Waals surface area contributed by atoms with Crippen LogP contribution in [0.5, 0.6) is 0 Å². The Morgan fingerprint density at radius 3 is 1.07 bits per heavy atom. The summed E-state index contributed by atoms with van der Waals surface area (Å²) in [5.41, 5.74) is 1.30. The highest BCUT2D eigenvalue weighted by Gasteiger charge is 2.59. The van der Waals surface area contributed by atoms with Gasteiger partial charge >= 0.3 is 14.4 Å². The predicted molar refractivity (Wildman–Crippen MR) is 159 cm³/mol. The molecule has 0 aromatic heterocycles. The van der Waals surface area contributed by atoms with E-state index >= 15 is 9.13 Å². The molecule has 8 aliphatic carbocycles. The molecule has 0 saturated heterocycles. The topological polar surface area (TPSA) is 76.7 Å². The summed E-state index contributed by atoms with van der Waals surface area (Å²) in [5.74, 6) is 4.60. The first-order chi connectivity index (χ1) is 19.4. The fourth-order valence-corrected chi connectivity index (χ4v) is 15.9. The van der Waals surface area contributed by atoms with Gasteiger partial charge in [-0.15, -0.1) is 0 Å². The van der Waals surface area contributed by atoms with Gasteiger partial charge in [0.05, 0.1) is 12.2 Å². The molecule has 0 amide bonds. The predicted octanol–water partition coefficient (Wildman–Crippen LogP) is 9.19. The number of rotatable bonds is 9. The zero-order valence-electron chi connectivity index (χ0n) is 23.1. The first-order valence-electron chi connectivity index (χ1n) is 15.7. The van der Waals surface area contributed by atoms with Gasteiger partial charge in [-0.3, -0.25) is 9.13 Å². The quantitative estimate of drug-likeness (QED) is 0.288. The first-order valence-corrected chi connectivity index (χ1v) is 19.6. The van der Waals surface area contributed by atoms with Crippen LogP contribution < -0.4 is 10.2 Å². The summed E-state index contributed by atoms with van der Waals surface area (Å²) >= 11 is 0. The third kappa shape index (κ3) is 4.62. The molecule has 0 aliphatic heterocycles. The Hall–Kier alpha value is -1.58. The molecule has 8 aliphatic rings. The van der Waals surface area contributed by atoms with Crippen LogP contribution in [0.25, 0.3) is 0 Å². The molecule has 0 spiro atoms. The Labute approximate surface area is 238 Å². The van der Waals surface area contributed by atoms with E-state index in [2.05, 4.69) is 10.2 Å². The van der Waals surface area contributed by atoms with Crippen LogP contribution in [-0.4, -0.2) is 12.2 Å². The van der Waals surface area contributed by atoms with Crippen molar-refractivity contribution in [2.45, 2.75) is 76.4 Å². The molecule has 8 saturated carbocycles. The van der Waals surface area contributed by atoms with Gasteiger partial charge in [0.15, 0.2) is 0 Å². The Balaban J connectivity index is 1.18. The molecule has 0 heterocycles. The van der Waals surface area contributed by atoms with Gasteiger partial charge in [-0.05, 0) is 136 Å². The maximum atomic E-state index is 15.5. The minimum Gasteiger partial charge on any atom is -0.307 e. The highest BCUT2D eigenvalue weighted by atomic mass is 32.1. The highest BCUT2D eigenvalue weighted by Crippen LogP contribution is 2.83. The van der Waals surface area contributed by atoms with E-state index in [0.29, 0.717) is 35.0 Å². The van der Waals surface area contributed by atoms with E-state index in [4.69, 9.17) is 9.05 Å². The van der Waals surface area contributed by atoms with Crippen LogP contribution in [0.4, 0.5) is 11.4 Å². The van der Waals surface area contributed by atoms with Crippen molar-refractivity contribution in [3.05, 3.63) is 60.7 Å². The number of nitrogens with one attached hydrogen (secondary N) is 2. The summed E-state index contributed by atoms with van der Waals surface area (Å²) in [7, 11) is -8.19. The van der Waals surface area contributed by atoms with E-state index in [0.717, 1.165) is 75.0 Å². The fourth-order valence-electron chi connectivity index (χ4n) is 10.1. The lowest BCUT2D eigenvalue weighted by atomic mass is 9.55. The highest BCUT2D eigenvalue weighted by molar-refractivity contribution is 8.33. The summed E-state index contributed by atoms with van der Waals surface area (Å²) in [4.78, 5) is 0. The fraction of sp³-hybridized carbons (Fsp3) is 0.625. The molecule has 8 heteroatoms. The summed E-state index contributed by atoms with van der Waals surface area (Å²) in [6.45, 7) is 0. The minimum absolute atomic E-state index is 0.150. The largest absolute Gasteiger partial charge is 0.397 e. The molecule has 2 N–H and O–H groups in total. The van der Waals surface area contributed by atoms with Crippen molar-refractivity contribution in [3.8, 4) is 0 Å². The van der Waals surface area contributed by atoms with Gasteiger partial charge in [-0.25, -0.2) is 0 Å². The number of benzene rings is 2. The number of hydrogen-bond donors (Lipinski definition) is 2. The van der Waals surface area contributed by atoms with Gasteiger partial charge in [-0.1, -0.05) is 36.4 Å². The van der Waals surface area contributed by atoms with Gasteiger partial charge in [0, 0.05) is 11.4 Å². The Bertz CT molecular complexity index is 1160. The first kappa shape index (κ1) is 26.1. The molecular formula is C32H42N2O4P2. The Morgan fingerprint density at radius 2 is 0.775 bits per heavy atom. The lowest BCUT2D eigenvalue weighted by Crippen LogP contribution is -2.50. The Morgan fingerprint density at radius 1 is 0.475 bits per heavy atom. The van der Waals surface area contributed by atoms with E-state index in [1.807, 2.05) is 60.7 Å². The zero-order valence-corrected chi connectivity index (χ0v) is 24.9. The summed E-state index contributed by atoms with van der Waals surface area (Å²) in [6, 6.07) is 19.0. The average Bonchev–Trinajstić information content (AvgIpc) is 2.93. The van der Waals surface area contributed by atoms with Gasteiger partial charge in [-0.2, -0.15) is 0 Å². The van der Waals surface area contributed by atoms with Crippen molar-refractivity contribution in [2.75, 3.05) is 10.2 Å². The van der Waals surface area contributed by atoms with Crippen molar-refractivity contribution in [1.82, 2.24) is 0 Å². The molecule has 2 aromatic rings. The lowest BCUT2D eigenvalue weighted by Gasteiger charge is -2.55. The second-order valence-electron chi connectivity index (χ2n) is 14.0. The van der Waals surface area contributed by atoms with Crippen LogP contribution in [0, 0.1) is 47.3 Å². The molecule has 2 unspecified atom stereocenters. The van der Waals surface area contributed by atoms with Gasteiger partial charge in [0.1, 0.15) is 0 Å². The Kier molecular flexibility index (Phi) is 6.53. The summed E-state index contributed by atoms with van der Waals surface area (Å²) < 4.78 is 44.7. The summed E-state index contributed by atoms with van der Waals surface area (Å²) in [6.07, 6.45) is 11.5. The average molecular weight is 581 g/mol. The maximum absolute atomic E-state index is 15.5. The second kappa shape index (κ2) is 10.0. The maximum Gasteiger partial charge on any atom is 0.397 e. The number of para-hydroxylation sites is 2.